The molecule has 0 aliphatic heterocycles. The Labute approximate surface area is 174 Å². The van der Waals surface area contributed by atoms with Gasteiger partial charge in [0.15, 0.2) is 11.6 Å². The van der Waals surface area contributed by atoms with Gasteiger partial charge in [0.25, 0.3) is 0 Å². The molecule has 0 fully saturated rings. The van der Waals surface area contributed by atoms with E-state index in [4.69, 9.17) is 9.47 Å². The number of unbranched alkanes of at least 4 members (excludes halogenated alkanes) is 7. The largest absolute Gasteiger partial charge is 0.490 e. The third-order valence-electron chi connectivity index (χ3n) is 4.88. The molecular formula is C24H34N2O3. The first-order valence-electron chi connectivity index (χ1n) is 10.8. The maximum atomic E-state index is 11.1. The molecule has 0 saturated heterocycles. The second-order valence-corrected chi connectivity index (χ2v) is 7.44. The van der Waals surface area contributed by atoms with Gasteiger partial charge in [0.1, 0.15) is 6.10 Å². The highest BCUT2D eigenvalue weighted by Gasteiger charge is 2.09. The average Bonchev–Trinajstić information content (AvgIpc) is 2.73. The lowest BCUT2D eigenvalue weighted by Gasteiger charge is -2.12. The van der Waals surface area contributed by atoms with Crippen LogP contribution >= 0.6 is 0 Å². The molecule has 2 aromatic rings. The molecule has 0 amide bonds. The Hall–Kier alpha value is -2.43. The van der Waals surface area contributed by atoms with E-state index in [1.54, 1.807) is 12.4 Å². The minimum absolute atomic E-state index is 0.269. The van der Waals surface area contributed by atoms with Gasteiger partial charge >= 0.3 is 5.97 Å². The molecule has 0 aliphatic carbocycles. The Kier molecular flexibility index (Phi) is 10.2. The van der Waals surface area contributed by atoms with Crippen LogP contribution in [0.2, 0.25) is 0 Å². The highest BCUT2D eigenvalue weighted by Crippen LogP contribution is 2.22. The molecule has 5 nitrogen and oxygen atoms in total. The molecule has 0 saturated carbocycles. The van der Waals surface area contributed by atoms with Gasteiger partial charge < -0.3 is 9.47 Å². The monoisotopic (exact) mass is 398 g/mol. The second-order valence-electron chi connectivity index (χ2n) is 7.44. The summed E-state index contributed by atoms with van der Waals surface area (Å²) in [7, 11) is 0. The van der Waals surface area contributed by atoms with Gasteiger partial charge in [-0.15, -0.1) is 0 Å². The predicted octanol–water partition coefficient (Wildman–Crippen LogP) is 6.29. The van der Waals surface area contributed by atoms with Crippen LogP contribution in [0.1, 0.15) is 83.8 Å². The molecule has 5 heteroatoms. The molecule has 2 rings (SSSR count). The number of carbonyl (C=O) groups excluding carboxylic acids is 1. The van der Waals surface area contributed by atoms with E-state index in [9.17, 15) is 4.79 Å². The summed E-state index contributed by atoms with van der Waals surface area (Å²) in [5, 5.41) is 0. The van der Waals surface area contributed by atoms with Crippen molar-refractivity contribution < 1.29 is 14.3 Å². The maximum Gasteiger partial charge on any atom is 0.303 e. The average molecular weight is 399 g/mol. The highest BCUT2D eigenvalue weighted by atomic mass is 16.5. The molecule has 1 atom stereocenters. The fourth-order valence-electron chi connectivity index (χ4n) is 3.19. The second kappa shape index (κ2) is 12.9. The Bertz CT molecular complexity index is 714. The molecule has 0 radical (unpaired) electrons. The van der Waals surface area contributed by atoms with Crippen molar-refractivity contribution in [3.63, 3.8) is 0 Å². The number of carbonyl (C=O) groups is 1. The number of benzene rings is 1. The predicted molar refractivity (Wildman–Crippen MR) is 116 cm³/mol. The standard InChI is InChI=1S/C24H34N2O3/c1-4-5-6-7-8-9-10-11-16-28-23-17-25-24(26-18-23)22-14-12-21(13-15-22)19(2)29-20(3)27/h12-15,17-19H,4-11,16H2,1-3H3. The van der Waals surface area contributed by atoms with Crippen molar-refractivity contribution in [2.75, 3.05) is 6.61 Å². The third kappa shape index (κ3) is 8.63. The van der Waals surface area contributed by atoms with E-state index in [1.165, 1.54) is 51.9 Å². The van der Waals surface area contributed by atoms with Gasteiger partial charge in [0.05, 0.1) is 19.0 Å². The quantitative estimate of drug-likeness (QED) is 0.293. The number of hydrogen-bond donors (Lipinski definition) is 0. The molecule has 1 unspecified atom stereocenters. The summed E-state index contributed by atoms with van der Waals surface area (Å²) in [6, 6.07) is 7.73. The van der Waals surface area contributed by atoms with Gasteiger partial charge in [-0.3, -0.25) is 4.79 Å². The van der Waals surface area contributed by atoms with Gasteiger partial charge in [-0.2, -0.15) is 0 Å². The molecule has 0 N–H and O–H groups in total. The van der Waals surface area contributed by atoms with Crippen molar-refractivity contribution in [3.05, 3.63) is 42.2 Å². The highest BCUT2D eigenvalue weighted by molar-refractivity contribution is 5.66. The zero-order valence-electron chi connectivity index (χ0n) is 18.0. The van der Waals surface area contributed by atoms with Gasteiger partial charge in [-0.25, -0.2) is 9.97 Å². The SMILES string of the molecule is CCCCCCCCCCOc1cnc(-c2ccc(C(C)OC(C)=O)cc2)nc1. The number of esters is 1. The van der Waals surface area contributed by atoms with Gasteiger partial charge in [-0.05, 0) is 18.9 Å². The van der Waals surface area contributed by atoms with E-state index in [2.05, 4.69) is 16.9 Å². The van der Waals surface area contributed by atoms with Crippen LogP contribution in [-0.2, 0) is 9.53 Å². The lowest BCUT2D eigenvalue weighted by atomic mass is 10.1. The van der Waals surface area contributed by atoms with Crippen LogP contribution in [0, 0.1) is 0 Å². The first kappa shape index (κ1) is 22.9. The topological polar surface area (TPSA) is 61.3 Å². The van der Waals surface area contributed by atoms with Crippen molar-refractivity contribution in [2.45, 2.75) is 78.2 Å². The summed E-state index contributed by atoms with van der Waals surface area (Å²) in [5.74, 6) is 1.07. The minimum atomic E-state index is -0.285. The number of aromatic nitrogens is 2. The fourth-order valence-corrected chi connectivity index (χ4v) is 3.19. The van der Waals surface area contributed by atoms with Crippen LogP contribution in [-0.4, -0.2) is 22.5 Å². The van der Waals surface area contributed by atoms with E-state index >= 15 is 0 Å². The number of rotatable bonds is 13. The number of nitrogens with zero attached hydrogens (tertiary/aromatic N) is 2. The van der Waals surface area contributed by atoms with E-state index in [1.807, 2.05) is 31.2 Å². The molecule has 0 aliphatic rings. The van der Waals surface area contributed by atoms with E-state index in [-0.39, 0.29) is 12.1 Å². The smallest absolute Gasteiger partial charge is 0.303 e. The van der Waals surface area contributed by atoms with Crippen molar-refractivity contribution in [2.24, 2.45) is 0 Å². The Morgan fingerprint density at radius 1 is 0.931 bits per heavy atom. The zero-order chi connectivity index (χ0) is 20.9. The summed E-state index contributed by atoms with van der Waals surface area (Å²) in [6.45, 7) is 6.22. The van der Waals surface area contributed by atoms with Gasteiger partial charge in [-0.1, -0.05) is 76.1 Å². The lowest BCUT2D eigenvalue weighted by Crippen LogP contribution is -2.04. The first-order chi connectivity index (χ1) is 14.1. The van der Waals surface area contributed by atoms with Crippen molar-refractivity contribution in [3.8, 4) is 17.1 Å². The molecule has 1 aromatic carbocycles. The molecule has 1 aromatic heterocycles. The molecule has 158 valence electrons. The molecular weight excluding hydrogens is 364 g/mol. The first-order valence-corrected chi connectivity index (χ1v) is 10.8. The van der Waals surface area contributed by atoms with Gasteiger partial charge in [0, 0.05) is 12.5 Å². The third-order valence-corrected chi connectivity index (χ3v) is 4.88. The van der Waals surface area contributed by atoms with Crippen molar-refractivity contribution in [1.82, 2.24) is 9.97 Å². The summed E-state index contributed by atoms with van der Waals surface area (Å²) in [4.78, 5) is 19.9. The zero-order valence-corrected chi connectivity index (χ0v) is 18.0. The summed E-state index contributed by atoms with van der Waals surface area (Å²) in [6.07, 6.45) is 13.5. The summed E-state index contributed by atoms with van der Waals surface area (Å²) < 4.78 is 11.0. The van der Waals surface area contributed by atoms with Crippen LogP contribution in [0.5, 0.6) is 5.75 Å². The van der Waals surface area contributed by atoms with Crippen LogP contribution in [0.25, 0.3) is 11.4 Å². The molecule has 0 bridgehead atoms. The lowest BCUT2D eigenvalue weighted by molar-refractivity contribution is -0.145. The van der Waals surface area contributed by atoms with E-state index < -0.39 is 0 Å². The number of hydrogen-bond acceptors (Lipinski definition) is 5. The van der Waals surface area contributed by atoms with Crippen LogP contribution in [0.4, 0.5) is 0 Å². The minimum Gasteiger partial charge on any atom is -0.490 e. The molecule has 0 spiro atoms. The van der Waals surface area contributed by atoms with Crippen LogP contribution in [0.3, 0.4) is 0 Å². The summed E-state index contributed by atoms with van der Waals surface area (Å²) >= 11 is 0. The van der Waals surface area contributed by atoms with Crippen LogP contribution in [0.15, 0.2) is 36.7 Å². The van der Waals surface area contributed by atoms with Crippen molar-refractivity contribution >= 4 is 5.97 Å². The summed E-state index contributed by atoms with van der Waals surface area (Å²) in [5.41, 5.74) is 1.85. The molecule has 29 heavy (non-hydrogen) atoms. The Morgan fingerprint density at radius 3 is 2.10 bits per heavy atom. The van der Waals surface area contributed by atoms with Gasteiger partial charge in [0.2, 0.25) is 0 Å². The number of ether oxygens (including phenoxy) is 2. The molecule has 1 heterocycles. The normalized spacial score (nSPS) is 11.8. The van der Waals surface area contributed by atoms with Crippen LogP contribution < -0.4 is 4.74 Å². The Balaban J connectivity index is 1.72. The van der Waals surface area contributed by atoms with E-state index in [0.717, 1.165) is 17.5 Å². The maximum absolute atomic E-state index is 11.1. The fraction of sp³-hybridized carbons (Fsp3) is 0.542. The van der Waals surface area contributed by atoms with Crippen molar-refractivity contribution in [1.29, 1.82) is 0 Å². The Morgan fingerprint density at radius 2 is 1.52 bits per heavy atom. The van der Waals surface area contributed by atoms with E-state index in [0.29, 0.717) is 18.2 Å².